The molecule has 0 aliphatic carbocycles. The van der Waals surface area contributed by atoms with Gasteiger partial charge in [0.1, 0.15) is 5.82 Å². The highest BCUT2D eigenvalue weighted by Crippen LogP contribution is 2.18. The van der Waals surface area contributed by atoms with Gasteiger partial charge in [0, 0.05) is 12.7 Å². The molecular weight excluding hydrogens is 251 g/mol. The van der Waals surface area contributed by atoms with Gasteiger partial charge in [0.2, 0.25) is 5.91 Å². The molecule has 0 radical (unpaired) electrons. The van der Waals surface area contributed by atoms with E-state index in [1.54, 1.807) is 19.2 Å². The first-order valence-corrected chi connectivity index (χ1v) is 6.20. The molecule has 0 bridgehead atoms. The molecule has 1 rings (SSSR count). The first kappa shape index (κ1) is 14.6. The standard InChI is InChI=1S/C13H17FN2OS/c1-3-4-11(12(15)18)13(17)16(2)10-7-5-9(14)6-8-10/h5-8,11H,3-4H2,1-2H3,(H2,15,18). The molecule has 0 heterocycles. The first-order valence-electron chi connectivity index (χ1n) is 5.79. The minimum atomic E-state index is -0.458. The number of carbonyl (C=O) groups is 1. The van der Waals surface area contributed by atoms with E-state index in [4.69, 9.17) is 18.0 Å². The van der Waals surface area contributed by atoms with Crippen LogP contribution in [0.2, 0.25) is 0 Å². The topological polar surface area (TPSA) is 46.3 Å². The molecule has 3 nitrogen and oxygen atoms in total. The van der Waals surface area contributed by atoms with Crippen molar-refractivity contribution in [3.8, 4) is 0 Å². The van der Waals surface area contributed by atoms with Crippen LogP contribution in [0.25, 0.3) is 0 Å². The highest BCUT2D eigenvalue weighted by Gasteiger charge is 2.24. The van der Waals surface area contributed by atoms with Gasteiger partial charge < -0.3 is 10.6 Å². The fourth-order valence-electron chi connectivity index (χ4n) is 1.70. The van der Waals surface area contributed by atoms with Gasteiger partial charge in [-0.2, -0.15) is 0 Å². The van der Waals surface area contributed by atoms with Crippen molar-refractivity contribution in [3.05, 3.63) is 30.1 Å². The highest BCUT2D eigenvalue weighted by atomic mass is 32.1. The molecule has 18 heavy (non-hydrogen) atoms. The van der Waals surface area contributed by atoms with Gasteiger partial charge in [0.05, 0.1) is 10.9 Å². The van der Waals surface area contributed by atoms with Crippen molar-refractivity contribution in [1.82, 2.24) is 0 Å². The monoisotopic (exact) mass is 268 g/mol. The van der Waals surface area contributed by atoms with Crippen molar-refractivity contribution in [3.63, 3.8) is 0 Å². The van der Waals surface area contributed by atoms with Crippen LogP contribution in [-0.2, 0) is 4.79 Å². The molecule has 1 unspecified atom stereocenters. The van der Waals surface area contributed by atoms with Crippen LogP contribution in [0, 0.1) is 11.7 Å². The van der Waals surface area contributed by atoms with Crippen molar-refractivity contribution in [1.29, 1.82) is 0 Å². The van der Waals surface area contributed by atoms with E-state index in [9.17, 15) is 9.18 Å². The van der Waals surface area contributed by atoms with Crippen LogP contribution in [0.4, 0.5) is 10.1 Å². The molecule has 0 saturated heterocycles. The number of halogens is 1. The van der Waals surface area contributed by atoms with Gasteiger partial charge >= 0.3 is 0 Å². The maximum absolute atomic E-state index is 12.8. The summed E-state index contributed by atoms with van der Waals surface area (Å²) in [7, 11) is 1.64. The zero-order valence-electron chi connectivity index (χ0n) is 10.5. The summed E-state index contributed by atoms with van der Waals surface area (Å²) in [6, 6.07) is 5.73. The number of thiocarbonyl (C=S) groups is 1. The second-order valence-electron chi connectivity index (χ2n) is 4.12. The van der Waals surface area contributed by atoms with Gasteiger partial charge in [-0.3, -0.25) is 4.79 Å². The minimum Gasteiger partial charge on any atom is -0.393 e. The Bertz CT molecular complexity index is 433. The lowest BCUT2D eigenvalue weighted by Crippen LogP contribution is -2.39. The zero-order chi connectivity index (χ0) is 13.7. The van der Waals surface area contributed by atoms with Crippen LogP contribution in [0.3, 0.4) is 0 Å². The van der Waals surface area contributed by atoms with Gasteiger partial charge in [-0.05, 0) is 30.7 Å². The van der Waals surface area contributed by atoms with E-state index in [0.717, 1.165) is 6.42 Å². The molecule has 0 aromatic heterocycles. The van der Waals surface area contributed by atoms with Crippen molar-refractivity contribution < 1.29 is 9.18 Å². The third kappa shape index (κ3) is 3.50. The van der Waals surface area contributed by atoms with Crippen molar-refractivity contribution in [2.24, 2.45) is 11.7 Å². The molecule has 5 heteroatoms. The number of nitrogens with zero attached hydrogens (tertiary/aromatic N) is 1. The van der Waals surface area contributed by atoms with Crippen molar-refractivity contribution in [2.75, 3.05) is 11.9 Å². The van der Waals surface area contributed by atoms with E-state index in [1.807, 2.05) is 6.92 Å². The van der Waals surface area contributed by atoms with Gasteiger partial charge in [0.25, 0.3) is 0 Å². The average Bonchev–Trinajstić information content (AvgIpc) is 2.35. The Morgan fingerprint density at radius 2 is 2.00 bits per heavy atom. The van der Waals surface area contributed by atoms with Gasteiger partial charge in [-0.25, -0.2) is 4.39 Å². The number of rotatable bonds is 5. The van der Waals surface area contributed by atoms with E-state index in [2.05, 4.69) is 0 Å². The van der Waals surface area contributed by atoms with Crippen LogP contribution >= 0.6 is 12.2 Å². The number of hydrogen-bond acceptors (Lipinski definition) is 2. The number of amides is 1. The number of nitrogens with two attached hydrogens (primary N) is 1. The second kappa shape index (κ2) is 6.44. The summed E-state index contributed by atoms with van der Waals surface area (Å²) in [5.41, 5.74) is 6.21. The molecule has 1 atom stereocenters. The van der Waals surface area contributed by atoms with E-state index >= 15 is 0 Å². The summed E-state index contributed by atoms with van der Waals surface area (Å²) in [5, 5.41) is 0. The third-order valence-corrected chi connectivity index (χ3v) is 3.05. The molecule has 0 saturated carbocycles. The van der Waals surface area contributed by atoms with E-state index in [-0.39, 0.29) is 16.7 Å². The lowest BCUT2D eigenvalue weighted by Gasteiger charge is -2.23. The SMILES string of the molecule is CCCC(C(=O)N(C)c1ccc(F)cc1)C(N)=S. The number of carbonyl (C=O) groups excluding carboxylic acids is 1. The number of anilines is 1. The van der Waals surface area contributed by atoms with Crippen molar-refractivity contribution >= 4 is 28.8 Å². The molecule has 98 valence electrons. The molecule has 1 amide bonds. The van der Waals surface area contributed by atoms with Crippen molar-refractivity contribution in [2.45, 2.75) is 19.8 Å². The molecule has 0 spiro atoms. The van der Waals surface area contributed by atoms with E-state index in [0.29, 0.717) is 12.1 Å². The lowest BCUT2D eigenvalue weighted by molar-refractivity contribution is -0.120. The third-order valence-electron chi connectivity index (χ3n) is 2.76. The molecule has 0 aliphatic rings. The molecule has 2 N–H and O–H groups in total. The summed E-state index contributed by atoms with van der Waals surface area (Å²) in [5.74, 6) is -0.949. The predicted molar refractivity (Wildman–Crippen MR) is 75.0 cm³/mol. The summed E-state index contributed by atoms with van der Waals surface area (Å²) >= 11 is 4.92. The minimum absolute atomic E-state index is 0.157. The maximum Gasteiger partial charge on any atom is 0.236 e. The number of benzene rings is 1. The first-order chi connectivity index (χ1) is 8.47. The second-order valence-corrected chi connectivity index (χ2v) is 4.59. The normalized spacial score (nSPS) is 11.9. The summed E-state index contributed by atoms with van der Waals surface area (Å²) in [6.45, 7) is 1.97. The molecule has 1 aromatic rings. The van der Waals surface area contributed by atoms with Crippen LogP contribution in [-0.4, -0.2) is 17.9 Å². The Morgan fingerprint density at radius 1 is 1.44 bits per heavy atom. The van der Waals surface area contributed by atoms with Gasteiger partial charge in [-0.1, -0.05) is 25.6 Å². The maximum atomic E-state index is 12.8. The van der Waals surface area contributed by atoms with Crippen LogP contribution in [0.15, 0.2) is 24.3 Å². The van der Waals surface area contributed by atoms with E-state index < -0.39 is 5.92 Å². The predicted octanol–water partition coefficient (Wildman–Crippen LogP) is 2.49. The molecule has 1 aromatic carbocycles. The molecule has 0 fully saturated rings. The molecular formula is C13H17FN2OS. The fraction of sp³-hybridized carbons (Fsp3) is 0.385. The summed E-state index contributed by atoms with van der Waals surface area (Å²) in [4.78, 5) is 13.9. The quantitative estimate of drug-likeness (QED) is 0.835. The van der Waals surface area contributed by atoms with Crippen LogP contribution in [0.1, 0.15) is 19.8 Å². The summed E-state index contributed by atoms with van der Waals surface area (Å²) < 4.78 is 12.8. The van der Waals surface area contributed by atoms with Gasteiger partial charge in [0.15, 0.2) is 0 Å². The Labute approximate surface area is 112 Å². The van der Waals surface area contributed by atoms with E-state index in [1.165, 1.54) is 17.0 Å². The Hall–Kier alpha value is -1.49. The largest absolute Gasteiger partial charge is 0.393 e. The lowest BCUT2D eigenvalue weighted by atomic mass is 10.0. The highest BCUT2D eigenvalue weighted by molar-refractivity contribution is 7.80. The number of hydrogen-bond donors (Lipinski definition) is 1. The molecule has 0 aliphatic heterocycles. The Morgan fingerprint density at radius 3 is 2.44 bits per heavy atom. The Kier molecular flexibility index (Phi) is 5.22. The zero-order valence-corrected chi connectivity index (χ0v) is 11.3. The smallest absolute Gasteiger partial charge is 0.236 e. The Balaban J connectivity index is 2.87. The summed E-state index contributed by atoms with van der Waals surface area (Å²) in [6.07, 6.45) is 1.45. The fourth-order valence-corrected chi connectivity index (χ4v) is 1.92. The van der Waals surface area contributed by atoms with Crippen LogP contribution < -0.4 is 10.6 Å². The van der Waals surface area contributed by atoms with Gasteiger partial charge in [-0.15, -0.1) is 0 Å². The average molecular weight is 268 g/mol. The van der Waals surface area contributed by atoms with Crippen LogP contribution in [0.5, 0.6) is 0 Å².